The van der Waals surface area contributed by atoms with Crippen LogP contribution < -0.4 is 5.32 Å². The van der Waals surface area contributed by atoms with Crippen molar-refractivity contribution < 1.29 is 19.1 Å². The number of benzene rings is 2. The topological polar surface area (TPSA) is 64.6 Å². The highest BCUT2D eigenvalue weighted by Crippen LogP contribution is 2.10. The summed E-state index contributed by atoms with van der Waals surface area (Å²) < 4.78 is 10.5. The fraction of sp³-hybridized carbons (Fsp3) is 0.300. The normalized spacial score (nSPS) is 10.8. The molecule has 5 heteroatoms. The van der Waals surface area contributed by atoms with Crippen molar-refractivity contribution in [3.05, 3.63) is 71.3 Å². The van der Waals surface area contributed by atoms with Crippen molar-refractivity contribution in [3.63, 3.8) is 0 Å². The van der Waals surface area contributed by atoms with Gasteiger partial charge in [0, 0.05) is 6.54 Å². The lowest BCUT2D eigenvalue weighted by molar-refractivity contribution is 0.0471. The molecular formula is C20H23NO4. The first-order valence-corrected chi connectivity index (χ1v) is 8.10. The Morgan fingerprint density at radius 3 is 2.32 bits per heavy atom. The molecule has 1 amide bonds. The van der Waals surface area contributed by atoms with Gasteiger partial charge in [-0.3, -0.25) is 0 Å². The SMILES string of the molecule is CC(C)(C)OC(=O)NCc1cccc(C(=O)OCc2ccccc2)c1. The molecular weight excluding hydrogens is 318 g/mol. The molecule has 0 aromatic heterocycles. The zero-order valence-corrected chi connectivity index (χ0v) is 14.7. The van der Waals surface area contributed by atoms with Crippen LogP contribution in [0.15, 0.2) is 54.6 Å². The van der Waals surface area contributed by atoms with Crippen LogP contribution in [-0.4, -0.2) is 17.7 Å². The molecule has 0 aliphatic heterocycles. The standard InChI is InChI=1S/C20H23NO4/c1-20(2,3)25-19(23)21-13-16-10-7-11-17(12-16)18(22)24-14-15-8-5-4-6-9-15/h4-12H,13-14H2,1-3H3,(H,21,23). The average molecular weight is 341 g/mol. The maximum atomic E-state index is 12.2. The monoisotopic (exact) mass is 341 g/mol. The van der Waals surface area contributed by atoms with E-state index >= 15 is 0 Å². The van der Waals surface area contributed by atoms with Crippen molar-refractivity contribution in [1.82, 2.24) is 5.32 Å². The summed E-state index contributed by atoms with van der Waals surface area (Å²) in [6.07, 6.45) is -0.496. The first-order chi connectivity index (χ1) is 11.8. The lowest BCUT2D eigenvalue weighted by atomic mass is 10.1. The Morgan fingerprint density at radius 1 is 0.960 bits per heavy atom. The highest BCUT2D eigenvalue weighted by molar-refractivity contribution is 5.89. The molecule has 0 bridgehead atoms. The summed E-state index contributed by atoms with van der Waals surface area (Å²) in [5.74, 6) is -0.400. The Labute approximate surface area is 148 Å². The van der Waals surface area contributed by atoms with Gasteiger partial charge in [0.25, 0.3) is 0 Å². The highest BCUT2D eigenvalue weighted by Gasteiger charge is 2.16. The molecule has 0 unspecified atom stereocenters. The van der Waals surface area contributed by atoms with Crippen LogP contribution in [-0.2, 0) is 22.6 Å². The van der Waals surface area contributed by atoms with Crippen molar-refractivity contribution >= 4 is 12.1 Å². The summed E-state index contributed by atoms with van der Waals surface area (Å²) in [4.78, 5) is 23.8. The van der Waals surface area contributed by atoms with Crippen LogP contribution in [0.1, 0.15) is 42.3 Å². The molecule has 132 valence electrons. The van der Waals surface area contributed by atoms with Crippen molar-refractivity contribution in [2.24, 2.45) is 0 Å². The van der Waals surface area contributed by atoms with Gasteiger partial charge in [-0.05, 0) is 44.0 Å². The van der Waals surface area contributed by atoms with Crippen molar-refractivity contribution in [2.75, 3.05) is 0 Å². The quantitative estimate of drug-likeness (QED) is 0.833. The number of alkyl carbamates (subject to hydrolysis) is 1. The summed E-state index contributed by atoms with van der Waals surface area (Å²) >= 11 is 0. The van der Waals surface area contributed by atoms with E-state index < -0.39 is 17.7 Å². The maximum absolute atomic E-state index is 12.2. The Balaban J connectivity index is 1.89. The molecule has 0 heterocycles. The van der Waals surface area contributed by atoms with Crippen LogP contribution in [0.5, 0.6) is 0 Å². The van der Waals surface area contributed by atoms with Gasteiger partial charge in [-0.15, -0.1) is 0 Å². The van der Waals surface area contributed by atoms with E-state index in [4.69, 9.17) is 9.47 Å². The lowest BCUT2D eigenvalue weighted by Gasteiger charge is -2.19. The predicted octanol–water partition coefficient (Wildman–Crippen LogP) is 4.07. The molecule has 25 heavy (non-hydrogen) atoms. The van der Waals surface area contributed by atoms with Gasteiger partial charge in [0.15, 0.2) is 0 Å². The number of carbonyl (C=O) groups is 2. The van der Waals surface area contributed by atoms with Gasteiger partial charge in [0.2, 0.25) is 0 Å². The summed E-state index contributed by atoms with van der Waals surface area (Å²) in [6.45, 7) is 5.90. The van der Waals surface area contributed by atoms with E-state index in [0.717, 1.165) is 11.1 Å². The first-order valence-electron chi connectivity index (χ1n) is 8.10. The molecule has 2 aromatic carbocycles. The molecule has 0 saturated carbocycles. The molecule has 2 aromatic rings. The van der Waals surface area contributed by atoms with Gasteiger partial charge in [-0.25, -0.2) is 9.59 Å². The first kappa shape index (κ1) is 18.5. The molecule has 0 spiro atoms. The maximum Gasteiger partial charge on any atom is 0.407 e. The third kappa shape index (κ3) is 6.67. The van der Waals surface area contributed by atoms with Gasteiger partial charge < -0.3 is 14.8 Å². The van der Waals surface area contributed by atoms with Crippen LogP contribution in [0.4, 0.5) is 4.79 Å². The number of hydrogen-bond donors (Lipinski definition) is 1. The highest BCUT2D eigenvalue weighted by atomic mass is 16.6. The fourth-order valence-corrected chi connectivity index (χ4v) is 2.10. The molecule has 0 aliphatic carbocycles. The molecule has 0 atom stereocenters. The Bertz CT molecular complexity index is 720. The number of amides is 1. The zero-order chi connectivity index (χ0) is 18.3. The van der Waals surface area contributed by atoms with Gasteiger partial charge in [-0.2, -0.15) is 0 Å². The van der Waals surface area contributed by atoms with Crippen LogP contribution in [0.2, 0.25) is 0 Å². The molecule has 0 fully saturated rings. The van der Waals surface area contributed by atoms with Crippen molar-refractivity contribution in [3.8, 4) is 0 Å². The molecule has 2 rings (SSSR count). The van der Waals surface area contributed by atoms with Crippen molar-refractivity contribution in [1.29, 1.82) is 0 Å². The van der Waals surface area contributed by atoms with E-state index in [2.05, 4.69) is 5.32 Å². The second kappa shape index (κ2) is 8.33. The lowest BCUT2D eigenvalue weighted by Crippen LogP contribution is -2.32. The van der Waals surface area contributed by atoms with Crippen LogP contribution in [0, 0.1) is 0 Å². The second-order valence-electron chi connectivity index (χ2n) is 6.62. The van der Waals surface area contributed by atoms with Gasteiger partial charge in [0.1, 0.15) is 12.2 Å². The Kier molecular flexibility index (Phi) is 6.17. The molecule has 0 aliphatic rings. The number of carbonyl (C=O) groups excluding carboxylic acids is 2. The van der Waals surface area contributed by atoms with E-state index in [1.54, 1.807) is 39.0 Å². The average Bonchev–Trinajstić information content (AvgIpc) is 2.57. The Morgan fingerprint density at radius 2 is 1.64 bits per heavy atom. The summed E-state index contributed by atoms with van der Waals surface area (Å²) in [6, 6.07) is 16.5. The number of hydrogen-bond acceptors (Lipinski definition) is 4. The van der Waals surface area contributed by atoms with Gasteiger partial charge in [-0.1, -0.05) is 42.5 Å². The number of rotatable bonds is 5. The number of ether oxygens (including phenoxy) is 2. The largest absolute Gasteiger partial charge is 0.457 e. The second-order valence-corrected chi connectivity index (χ2v) is 6.62. The minimum Gasteiger partial charge on any atom is -0.457 e. The minimum atomic E-state index is -0.548. The van der Waals surface area contributed by atoms with E-state index in [0.29, 0.717) is 5.56 Å². The third-order valence-corrected chi connectivity index (χ3v) is 3.21. The van der Waals surface area contributed by atoms with Crippen molar-refractivity contribution in [2.45, 2.75) is 39.5 Å². The van der Waals surface area contributed by atoms with E-state index in [9.17, 15) is 9.59 Å². The minimum absolute atomic E-state index is 0.222. The predicted molar refractivity (Wildman–Crippen MR) is 95.1 cm³/mol. The van der Waals surface area contributed by atoms with E-state index in [1.165, 1.54) is 0 Å². The molecule has 5 nitrogen and oxygen atoms in total. The van der Waals surface area contributed by atoms with Crippen LogP contribution in [0.3, 0.4) is 0 Å². The summed E-state index contributed by atoms with van der Waals surface area (Å²) in [5.41, 5.74) is 1.62. The van der Waals surface area contributed by atoms with Gasteiger partial charge >= 0.3 is 12.1 Å². The fourth-order valence-electron chi connectivity index (χ4n) is 2.10. The van der Waals surface area contributed by atoms with Crippen LogP contribution in [0.25, 0.3) is 0 Å². The van der Waals surface area contributed by atoms with Crippen LogP contribution >= 0.6 is 0 Å². The summed E-state index contributed by atoms with van der Waals surface area (Å²) in [7, 11) is 0. The number of nitrogens with one attached hydrogen (secondary N) is 1. The molecule has 1 N–H and O–H groups in total. The smallest absolute Gasteiger partial charge is 0.407 e. The number of esters is 1. The third-order valence-electron chi connectivity index (χ3n) is 3.21. The zero-order valence-electron chi connectivity index (χ0n) is 14.7. The Hall–Kier alpha value is -2.82. The summed E-state index contributed by atoms with van der Waals surface area (Å²) in [5, 5.41) is 2.67. The van der Waals surface area contributed by atoms with E-state index in [-0.39, 0.29) is 13.2 Å². The molecule has 0 radical (unpaired) electrons. The van der Waals surface area contributed by atoms with Gasteiger partial charge in [0.05, 0.1) is 5.56 Å². The van der Waals surface area contributed by atoms with E-state index in [1.807, 2.05) is 36.4 Å². The molecule has 0 saturated heterocycles.